The highest BCUT2D eigenvalue weighted by Crippen LogP contribution is 2.31. The molecule has 0 unspecified atom stereocenters. The first-order chi connectivity index (χ1) is 13.7. The molecule has 0 saturated carbocycles. The molecule has 0 spiro atoms. The van der Waals surface area contributed by atoms with E-state index in [9.17, 15) is 0 Å². The summed E-state index contributed by atoms with van der Waals surface area (Å²) in [5, 5.41) is 11.6. The summed E-state index contributed by atoms with van der Waals surface area (Å²) in [4.78, 5) is 0. The highest BCUT2D eigenvalue weighted by molar-refractivity contribution is 7.71. The number of hydrogen-bond acceptors (Lipinski definition) is 6. The number of nitrogens with zero attached hydrogens (tertiary/aromatic N) is 3. The zero-order chi connectivity index (χ0) is 19.9. The van der Waals surface area contributed by atoms with Crippen molar-refractivity contribution in [2.75, 3.05) is 20.8 Å². The van der Waals surface area contributed by atoms with E-state index < -0.39 is 0 Å². The van der Waals surface area contributed by atoms with Crippen molar-refractivity contribution >= 4 is 18.4 Å². The van der Waals surface area contributed by atoms with Crippen molar-refractivity contribution in [3.63, 3.8) is 0 Å². The first-order valence-electron chi connectivity index (χ1n) is 8.83. The van der Waals surface area contributed by atoms with Crippen LogP contribution in [0.15, 0.2) is 47.6 Å². The summed E-state index contributed by atoms with van der Waals surface area (Å²) in [5.74, 6) is 2.66. The Kier molecular flexibility index (Phi) is 6.44. The van der Waals surface area contributed by atoms with Gasteiger partial charge in [0.25, 0.3) is 0 Å². The molecule has 1 aromatic heterocycles. The van der Waals surface area contributed by atoms with Crippen LogP contribution in [0.4, 0.5) is 0 Å². The number of ether oxygens (including phenoxy) is 3. The van der Waals surface area contributed by atoms with Crippen LogP contribution in [0.2, 0.25) is 0 Å². The van der Waals surface area contributed by atoms with Gasteiger partial charge in [0.1, 0.15) is 5.75 Å². The van der Waals surface area contributed by atoms with Gasteiger partial charge in [-0.05, 0) is 66.7 Å². The predicted octanol–water partition coefficient (Wildman–Crippen LogP) is 4.30. The van der Waals surface area contributed by atoms with Crippen LogP contribution in [0, 0.1) is 4.77 Å². The van der Waals surface area contributed by atoms with Gasteiger partial charge in [0.15, 0.2) is 17.3 Å². The third-order valence-electron chi connectivity index (χ3n) is 3.97. The van der Waals surface area contributed by atoms with Gasteiger partial charge in [-0.25, -0.2) is 5.10 Å². The molecule has 0 saturated heterocycles. The third kappa shape index (κ3) is 4.40. The molecule has 0 aliphatic heterocycles. The minimum atomic E-state index is 0.393. The largest absolute Gasteiger partial charge is 0.494 e. The number of H-pyrrole nitrogens is 1. The first kappa shape index (κ1) is 19.6. The quantitative estimate of drug-likeness (QED) is 0.452. The van der Waals surface area contributed by atoms with Crippen molar-refractivity contribution in [1.29, 1.82) is 0 Å². The topological polar surface area (TPSA) is 73.7 Å². The van der Waals surface area contributed by atoms with Gasteiger partial charge in [-0.15, -0.1) is 0 Å². The second kappa shape index (κ2) is 9.18. The van der Waals surface area contributed by atoms with Gasteiger partial charge in [0, 0.05) is 5.56 Å². The molecule has 0 aliphatic carbocycles. The Labute approximate surface area is 168 Å². The fraction of sp³-hybridized carbons (Fsp3) is 0.250. The van der Waals surface area contributed by atoms with Gasteiger partial charge >= 0.3 is 0 Å². The molecular formula is C20H22N4O3S. The van der Waals surface area contributed by atoms with Crippen molar-refractivity contribution in [3.8, 4) is 28.6 Å². The third-order valence-corrected chi connectivity index (χ3v) is 4.23. The maximum Gasteiger partial charge on any atom is 0.216 e. The molecule has 7 nitrogen and oxygen atoms in total. The van der Waals surface area contributed by atoms with Gasteiger partial charge in [-0.1, -0.05) is 6.92 Å². The number of hydrogen-bond donors (Lipinski definition) is 1. The summed E-state index contributed by atoms with van der Waals surface area (Å²) < 4.78 is 18.2. The van der Waals surface area contributed by atoms with E-state index in [1.165, 1.54) is 0 Å². The molecule has 0 bridgehead atoms. The number of aromatic nitrogens is 3. The monoisotopic (exact) mass is 398 g/mol. The van der Waals surface area contributed by atoms with Gasteiger partial charge in [-0.2, -0.15) is 14.9 Å². The van der Waals surface area contributed by atoms with Crippen molar-refractivity contribution < 1.29 is 14.2 Å². The number of benzene rings is 2. The standard InChI is InChI=1S/C20H22N4O3S/c1-4-11-27-16-8-5-14(6-9-16)13-21-24-19(22-23-20(24)28)15-7-10-17(25-2)18(12-15)26-3/h5-10,12-13H,4,11H2,1-3H3,(H,23,28)/b21-13+. The van der Waals surface area contributed by atoms with Crippen molar-refractivity contribution in [2.45, 2.75) is 13.3 Å². The predicted molar refractivity (Wildman–Crippen MR) is 111 cm³/mol. The zero-order valence-electron chi connectivity index (χ0n) is 16.0. The average Bonchev–Trinajstić information content (AvgIpc) is 3.11. The molecule has 0 radical (unpaired) electrons. The average molecular weight is 398 g/mol. The summed E-state index contributed by atoms with van der Waals surface area (Å²) in [7, 11) is 3.18. The molecule has 0 aliphatic rings. The summed E-state index contributed by atoms with van der Waals surface area (Å²) in [6.45, 7) is 2.78. The van der Waals surface area contributed by atoms with Gasteiger partial charge in [0.05, 0.1) is 27.0 Å². The lowest BCUT2D eigenvalue weighted by Gasteiger charge is -2.09. The van der Waals surface area contributed by atoms with Crippen LogP contribution in [0.3, 0.4) is 0 Å². The fourth-order valence-corrected chi connectivity index (χ4v) is 2.73. The Hall–Kier alpha value is -3.13. The maximum atomic E-state index is 5.59. The molecule has 28 heavy (non-hydrogen) atoms. The minimum absolute atomic E-state index is 0.393. The van der Waals surface area contributed by atoms with Gasteiger partial charge in [-0.3, -0.25) is 0 Å². The molecule has 1 N–H and O–H groups in total. The molecule has 2 aromatic carbocycles. The molecular weight excluding hydrogens is 376 g/mol. The van der Waals surface area contributed by atoms with Crippen molar-refractivity contribution in [3.05, 3.63) is 52.8 Å². The molecule has 0 atom stereocenters. The second-order valence-electron chi connectivity index (χ2n) is 5.90. The lowest BCUT2D eigenvalue weighted by atomic mass is 10.2. The summed E-state index contributed by atoms with van der Waals surface area (Å²) >= 11 is 5.32. The summed E-state index contributed by atoms with van der Waals surface area (Å²) in [6, 6.07) is 13.2. The molecule has 8 heteroatoms. The van der Waals surface area contributed by atoms with Crippen LogP contribution < -0.4 is 14.2 Å². The Morgan fingerprint density at radius 1 is 1.11 bits per heavy atom. The van der Waals surface area contributed by atoms with Crippen LogP contribution in [0.25, 0.3) is 11.4 Å². The second-order valence-corrected chi connectivity index (χ2v) is 6.28. The SMILES string of the molecule is CCCOc1ccc(/C=N/n2c(-c3ccc(OC)c(OC)c3)n[nH]c2=S)cc1. The molecule has 146 valence electrons. The highest BCUT2D eigenvalue weighted by Gasteiger charge is 2.12. The molecule has 3 aromatic rings. The Morgan fingerprint density at radius 2 is 1.86 bits per heavy atom. The number of nitrogens with one attached hydrogen (secondary N) is 1. The molecule has 1 heterocycles. The number of aromatic amines is 1. The summed E-state index contributed by atoms with van der Waals surface area (Å²) in [5.41, 5.74) is 1.72. The molecule has 3 rings (SSSR count). The fourth-order valence-electron chi connectivity index (χ4n) is 2.56. The van der Waals surface area contributed by atoms with Crippen LogP contribution in [-0.2, 0) is 0 Å². The number of methoxy groups -OCH3 is 2. The van der Waals surface area contributed by atoms with Crippen molar-refractivity contribution in [2.24, 2.45) is 5.10 Å². The van der Waals surface area contributed by atoms with E-state index in [0.717, 1.165) is 23.3 Å². The minimum Gasteiger partial charge on any atom is -0.494 e. The van der Waals surface area contributed by atoms with E-state index in [0.29, 0.717) is 28.7 Å². The lowest BCUT2D eigenvalue weighted by Crippen LogP contribution is -1.97. The number of rotatable bonds is 8. The zero-order valence-corrected chi connectivity index (χ0v) is 16.8. The Morgan fingerprint density at radius 3 is 2.54 bits per heavy atom. The van der Waals surface area contributed by atoms with E-state index in [4.69, 9.17) is 26.4 Å². The maximum absolute atomic E-state index is 5.59. The van der Waals surface area contributed by atoms with Gasteiger partial charge < -0.3 is 14.2 Å². The summed E-state index contributed by atoms with van der Waals surface area (Å²) in [6.07, 6.45) is 2.69. The lowest BCUT2D eigenvalue weighted by molar-refractivity contribution is 0.317. The Balaban J connectivity index is 1.87. The normalized spacial score (nSPS) is 11.0. The highest BCUT2D eigenvalue weighted by atomic mass is 32.1. The van der Waals surface area contributed by atoms with E-state index >= 15 is 0 Å². The smallest absolute Gasteiger partial charge is 0.216 e. The van der Waals surface area contributed by atoms with E-state index in [2.05, 4.69) is 22.2 Å². The Bertz CT molecular complexity index is 1010. The van der Waals surface area contributed by atoms with Gasteiger partial charge in [0.2, 0.25) is 4.77 Å². The molecule has 0 fully saturated rings. The van der Waals surface area contributed by atoms with Crippen LogP contribution in [0.1, 0.15) is 18.9 Å². The van der Waals surface area contributed by atoms with E-state index in [1.54, 1.807) is 25.1 Å². The van der Waals surface area contributed by atoms with E-state index in [1.807, 2.05) is 42.5 Å². The van der Waals surface area contributed by atoms with Crippen LogP contribution >= 0.6 is 12.2 Å². The van der Waals surface area contributed by atoms with E-state index in [-0.39, 0.29) is 0 Å². The molecule has 0 amide bonds. The van der Waals surface area contributed by atoms with Crippen LogP contribution in [0.5, 0.6) is 17.2 Å². The van der Waals surface area contributed by atoms with Crippen molar-refractivity contribution in [1.82, 2.24) is 14.9 Å². The first-order valence-corrected chi connectivity index (χ1v) is 9.24. The van der Waals surface area contributed by atoms with Crippen LogP contribution in [-0.4, -0.2) is 41.9 Å².